The summed E-state index contributed by atoms with van der Waals surface area (Å²) in [5.74, 6) is 1.02. The van der Waals surface area contributed by atoms with E-state index in [1.54, 1.807) is 0 Å². The minimum atomic E-state index is -2.77. The first-order valence-corrected chi connectivity index (χ1v) is 8.82. The fourth-order valence-electron chi connectivity index (χ4n) is 2.80. The molecule has 106 valence electrons. The molecule has 1 aromatic rings. The molecule has 19 heavy (non-hydrogen) atoms. The molecule has 2 rings (SSSR count). The van der Waals surface area contributed by atoms with E-state index in [-0.39, 0.29) is 6.04 Å². The highest BCUT2D eigenvalue weighted by Crippen LogP contribution is 2.28. The summed E-state index contributed by atoms with van der Waals surface area (Å²) in [6.07, 6.45) is 2.76. The molecule has 0 bridgehead atoms. The van der Waals surface area contributed by atoms with E-state index in [0.717, 1.165) is 19.3 Å². The lowest BCUT2D eigenvalue weighted by atomic mass is 9.93. The van der Waals surface area contributed by atoms with Gasteiger partial charge in [0, 0.05) is 6.04 Å². The van der Waals surface area contributed by atoms with Crippen LogP contribution in [0.2, 0.25) is 0 Å². The summed E-state index contributed by atoms with van der Waals surface area (Å²) in [6, 6.07) is 8.88. The molecule has 1 aliphatic rings. The molecular formula is C15H23NO2S. The zero-order valence-electron chi connectivity index (χ0n) is 11.7. The minimum absolute atomic E-state index is 0.254. The summed E-state index contributed by atoms with van der Waals surface area (Å²) in [7, 11) is -0.824. The molecule has 1 aromatic carbocycles. The average molecular weight is 281 g/mol. The number of benzene rings is 1. The highest BCUT2D eigenvalue weighted by molar-refractivity contribution is 7.91. The van der Waals surface area contributed by atoms with Gasteiger partial charge in [-0.2, -0.15) is 0 Å². The Morgan fingerprint density at radius 2 is 2.00 bits per heavy atom. The van der Waals surface area contributed by atoms with Gasteiger partial charge in [-0.3, -0.25) is 0 Å². The van der Waals surface area contributed by atoms with E-state index in [1.807, 2.05) is 7.05 Å². The van der Waals surface area contributed by atoms with Crippen LogP contribution >= 0.6 is 0 Å². The van der Waals surface area contributed by atoms with Crippen molar-refractivity contribution in [2.45, 2.75) is 32.2 Å². The largest absolute Gasteiger partial charge is 0.313 e. The molecule has 0 saturated carbocycles. The Bertz CT molecular complexity index is 507. The van der Waals surface area contributed by atoms with Crippen LogP contribution in [0.5, 0.6) is 0 Å². The van der Waals surface area contributed by atoms with Gasteiger partial charge in [-0.1, -0.05) is 31.2 Å². The molecule has 0 aliphatic carbocycles. The molecular weight excluding hydrogens is 258 g/mol. The van der Waals surface area contributed by atoms with Crippen molar-refractivity contribution >= 4 is 9.84 Å². The van der Waals surface area contributed by atoms with Crippen molar-refractivity contribution in [3.8, 4) is 0 Å². The van der Waals surface area contributed by atoms with Gasteiger partial charge in [-0.25, -0.2) is 8.42 Å². The van der Waals surface area contributed by atoms with Gasteiger partial charge in [0.15, 0.2) is 9.84 Å². The van der Waals surface area contributed by atoms with E-state index >= 15 is 0 Å². The lowest BCUT2D eigenvalue weighted by molar-refractivity contribution is 0.437. The Morgan fingerprint density at radius 3 is 2.47 bits per heavy atom. The molecule has 0 spiro atoms. The van der Waals surface area contributed by atoms with E-state index in [9.17, 15) is 8.42 Å². The molecule has 0 aromatic heterocycles. The van der Waals surface area contributed by atoms with E-state index < -0.39 is 9.84 Å². The molecule has 0 amide bonds. The molecule has 1 N–H and O–H groups in total. The second-order valence-corrected chi connectivity index (χ2v) is 7.67. The molecule has 1 heterocycles. The number of rotatable bonds is 5. The van der Waals surface area contributed by atoms with Crippen LogP contribution in [-0.4, -0.2) is 27.0 Å². The topological polar surface area (TPSA) is 46.2 Å². The zero-order chi connectivity index (χ0) is 13.9. The normalized spacial score (nSPS) is 23.4. The molecule has 1 fully saturated rings. The second kappa shape index (κ2) is 6.06. The Hall–Kier alpha value is -0.870. The van der Waals surface area contributed by atoms with Crippen LogP contribution in [0, 0.1) is 5.92 Å². The number of sulfone groups is 1. The fraction of sp³-hybridized carbons (Fsp3) is 0.600. The smallest absolute Gasteiger partial charge is 0.150 e. The highest BCUT2D eigenvalue weighted by Gasteiger charge is 2.29. The molecule has 2 unspecified atom stereocenters. The Morgan fingerprint density at radius 1 is 1.32 bits per heavy atom. The third kappa shape index (κ3) is 3.80. The maximum atomic E-state index is 11.5. The summed E-state index contributed by atoms with van der Waals surface area (Å²) >= 11 is 0. The maximum Gasteiger partial charge on any atom is 0.150 e. The summed E-state index contributed by atoms with van der Waals surface area (Å²) in [5, 5.41) is 3.32. The van der Waals surface area contributed by atoms with Gasteiger partial charge < -0.3 is 5.32 Å². The van der Waals surface area contributed by atoms with Crippen LogP contribution in [0.25, 0.3) is 0 Å². The minimum Gasteiger partial charge on any atom is -0.313 e. The Balaban J connectivity index is 2.03. The van der Waals surface area contributed by atoms with Crippen molar-refractivity contribution in [2.24, 2.45) is 5.92 Å². The second-order valence-electron chi connectivity index (χ2n) is 5.44. The van der Waals surface area contributed by atoms with Gasteiger partial charge in [0.25, 0.3) is 0 Å². The molecule has 1 aliphatic heterocycles. The Kier molecular flexibility index (Phi) is 4.63. The van der Waals surface area contributed by atoms with Crippen LogP contribution in [0.4, 0.5) is 0 Å². The van der Waals surface area contributed by atoms with E-state index in [0.29, 0.717) is 17.4 Å². The van der Waals surface area contributed by atoms with Crippen molar-refractivity contribution in [1.82, 2.24) is 5.32 Å². The van der Waals surface area contributed by atoms with Gasteiger partial charge in [0.1, 0.15) is 0 Å². The van der Waals surface area contributed by atoms with Gasteiger partial charge in [-0.15, -0.1) is 0 Å². The zero-order valence-corrected chi connectivity index (χ0v) is 12.5. The first-order valence-electron chi connectivity index (χ1n) is 7.00. The third-order valence-corrected chi connectivity index (χ3v) is 5.87. The van der Waals surface area contributed by atoms with Crippen molar-refractivity contribution in [2.75, 3.05) is 18.6 Å². The van der Waals surface area contributed by atoms with Crippen LogP contribution in [-0.2, 0) is 16.3 Å². The van der Waals surface area contributed by atoms with Gasteiger partial charge in [0.05, 0.1) is 11.5 Å². The van der Waals surface area contributed by atoms with Crippen molar-refractivity contribution < 1.29 is 8.42 Å². The van der Waals surface area contributed by atoms with Crippen molar-refractivity contribution in [3.05, 3.63) is 35.4 Å². The lowest BCUT2D eigenvalue weighted by Gasteiger charge is -2.20. The van der Waals surface area contributed by atoms with Gasteiger partial charge >= 0.3 is 0 Å². The third-order valence-electron chi connectivity index (χ3n) is 4.03. The summed E-state index contributed by atoms with van der Waals surface area (Å²) in [4.78, 5) is 0. The molecule has 3 nitrogen and oxygen atoms in total. The van der Waals surface area contributed by atoms with E-state index in [2.05, 4.69) is 36.5 Å². The first-order chi connectivity index (χ1) is 9.04. The highest BCUT2D eigenvalue weighted by atomic mass is 32.2. The van der Waals surface area contributed by atoms with Crippen LogP contribution in [0.3, 0.4) is 0 Å². The number of hydrogen-bond donors (Lipinski definition) is 1. The molecule has 4 heteroatoms. The van der Waals surface area contributed by atoms with Gasteiger partial charge in [0.2, 0.25) is 0 Å². The summed E-state index contributed by atoms with van der Waals surface area (Å²) in [5.41, 5.74) is 2.59. The molecule has 2 atom stereocenters. The quantitative estimate of drug-likeness (QED) is 0.901. The average Bonchev–Trinajstić information content (AvgIpc) is 2.75. The van der Waals surface area contributed by atoms with Crippen LogP contribution in [0.15, 0.2) is 24.3 Å². The van der Waals surface area contributed by atoms with E-state index in [1.165, 1.54) is 11.1 Å². The maximum absolute atomic E-state index is 11.5. The predicted octanol–water partition coefficient (Wildman–Crippen LogP) is 2.33. The fourth-order valence-corrected chi connectivity index (χ4v) is 4.68. The first kappa shape index (κ1) is 14.5. The molecule has 1 saturated heterocycles. The lowest BCUT2D eigenvalue weighted by Crippen LogP contribution is -2.20. The standard InChI is InChI=1S/C15H23NO2S/c1-3-12-4-6-14(7-5-12)15(16-2)10-13-8-9-19(17,18)11-13/h4-7,13,15-16H,3,8-11H2,1-2H3. The van der Waals surface area contributed by atoms with Crippen molar-refractivity contribution in [3.63, 3.8) is 0 Å². The summed E-state index contributed by atoms with van der Waals surface area (Å²) in [6.45, 7) is 2.15. The monoisotopic (exact) mass is 281 g/mol. The molecule has 0 radical (unpaired) electrons. The number of aryl methyl sites for hydroxylation is 1. The predicted molar refractivity (Wildman–Crippen MR) is 79.0 cm³/mol. The van der Waals surface area contributed by atoms with E-state index in [4.69, 9.17) is 0 Å². The number of hydrogen-bond acceptors (Lipinski definition) is 3. The van der Waals surface area contributed by atoms with Crippen LogP contribution in [0.1, 0.15) is 36.9 Å². The van der Waals surface area contributed by atoms with Gasteiger partial charge in [-0.05, 0) is 43.4 Å². The Labute approximate surface area is 116 Å². The SMILES string of the molecule is CCc1ccc(C(CC2CCS(=O)(=O)C2)NC)cc1. The van der Waals surface area contributed by atoms with Crippen molar-refractivity contribution in [1.29, 1.82) is 0 Å². The summed E-state index contributed by atoms with van der Waals surface area (Å²) < 4.78 is 23.0. The van der Waals surface area contributed by atoms with Crippen LogP contribution < -0.4 is 5.32 Å². The number of nitrogens with one attached hydrogen (secondary N) is 1.